The molecule has 2 aliphatic rings. The highest BCUT2D eigenvalue weighted by molar-refractivity contribution is 5.78. The second-order valence-electron chi connectivity index (χ2n) is 5.56. The Morgan fingerprint density at radius 1 is 1.33 bits per heavy atom. The van der Waals surface area contributed by atoms with Crippen LogP contribution in [-0.4, -0.2) is 32.8 Å². The average molecular weight is 291 g/mol. The van der Waals surface area contributed by atoms with Crippen molar-refractivity contribution >= 4 is 5.97 Å². The number of carbonyl (C=O) groups excluding carboxylic acids is 1. The molecule has 5 nitrogen and oxygen atoms in total. The molecule has 114 valence electrons. The van der Waals surface area contributed by atoms with Crippen LogP contribution in [-0.2, 0) is 9.53 Å². The smallest absolute Gasteiger partial charge is 0.327 e. The summed E-state index contributed by atoms with van der Waals surface area (Å²) in [4.78, 5) is 12.0. The van der Waals surface area contributed by atoms with E-state index in [2.05, 4.69) is 5.32 Å². The summed E-state index contributed by atoms with van der Waals surface area (Å²) < 4.78 is 16.2. The molecule has 1 aliphatic carbocycles. The van der Waals surface area contributed by atoms with Crippen molar-refractivity contribution in [1.29, 1.82) is 0 Å². The highest BCUT2D eigenvalue weighted by Crippen LogP contribution is 2.33. The molecule has 1 N–H and O–H groups in total. The van der Waals surface area contributed by atoms with E-state index in [0.717, 1.165) is 24.3 Å². The number of fused-ring (bicyclic) bond motifs is 1. The Morgan fingerprint density at radius 2 is 2.10 bits per heavy atom. The van der Waals surface area contributed by atoms with Crippen LogP contribution in [0.3, 0.4) is 0 Å². The first-order chi connectivity index (χ1) is 10.3. The molecule has 0 saturated heterocycles. The molecular formula is C16H21NO4. The van der Waals surface area contributed by atoms with E-state index in [0.29, 0.717) is 24.9 Å². The summed E-state index contributed by atoms with van der Waals surface area (Å²) in [6.07, 6.45) is 3.34. The molecule has 21 heavy (non-hydrogen) atoms. The first kappa shape index (κ1) is 14.2. The van der Waals surface area contributed by atoms with Gasteiger partial charge in [0, 0.05) is 6.42 Å². The Labute approximate surface area is 124 Å². The van der Waals surface area contributed by atoms with Crippen molar-refractivity contribution in [2.24, 2.45) is 5.92 Å². The Bertz CT molecular complexity index is 513. The van der Waals surface area contributed by atoms with Crippen molar-refractivity contribution in [2.45, 2.75) is 25.3 Å². The molecule has 0 aromatic heterocycles. The molecule has 3 rings (SSSR count). The van der Waals surface area contributed by atoms with E-state index in [-0.39, 0.29) is 5.97 Å². The number of methoxy groups -OCH3 is 1. The molecule has 1 fully saturated rings. The van der Waals surface area contributed by atoms with Crippen LogP contribution in [0, 0.1) is 5.92 Å². The zero-order valence-corrected chi connectivity index (χ0v) is 12.3. The van der Waals surface area contributed by atoms with Crippen LogP contribution in [0.15, 0.2) is 18.2 Å². The monoisotopic (exact) mass is 291 g/mol. The number of hydrogen-bond acceptors (Lipinski definition) is 5. The average Bonchev–Trinajstić information content (AvgIpc) is 3.33. The van der Waals surface area contributed by atoms with Gasteiger partial charge in [0.15, 0.2) is 11.5 Å². The van der Waals surface area contributed by atoms with Crippen molar-refractivity contribution in [3.63, 3.8) is 0 Å². The van der Waals surface area contributed by atoms with Crippen molar-refractivity contribution in [3.8, 4) is 11.5 Å². The largest absolute Gasteiger partial charge is 0.490 e. The lowest BCUT2D eigenvalue weighted by atomic mass is 10.1. The molecule has 1 aromatic carbocycles. The zero-order chi connectivity index (χ0) is 14.7. The van der Waals surface area contributed by atoms with E-state index in [1.807, 2.05) is 18.2 Å². The predicted molar refractivity (Wildman–Crippen MR) is 77.5 cm³/mol. The Hall–Kier alpha value is -1.75. The fourth-order valence-electron chi connectivity index (χ4n) is 2.42. The first-order valence-electron chi connectivity index (χ1n) is 7.48. The summed E-state index contributed by atoms with van der Waals surface area (Å²) in [6.45, 7) is 2.13. The molecule has 1 heterocycles. The molecule has 1 aliphatic heterocycles. The topological polar surface area (TPSA) is 56.8 Å². The lowest BCUT2D eigenvalue weighted by molar-refractivity contribution is -0.143. The summed E-state index contributed by atoms with van der Waals surface area (Å²) in [7, 11) is 1.41. The standard InChI is InChI=1S/C16H21NO4/c1-19-16(18)15(17-10-11-3-4-11)12-5-6-13-14(9-12)21-8-2-7-20-13/h5-6,9,11,15,17H,2-4,7-8,10H2,1H3. The molecule has 0 bridgehead atoms. The first-order valence-corrected chi connectivity index (χ1v) is 7.48. The van der Waals surface area contributed by atoms with Crippen molar-refractivity contribution < 1.29 is 19.0 Å². The number of rotatable bonds is 5. The van der Waals surface area contributed by atoms with Crippen LogP contribution in [0.1, 0.15) is 30.9 Å². The van der Waals surface area contributed by atoms with E-state index >= 15 is 0 Å². The van der Waals surface area contributed by atoms with Crippen molar-refractivity contribution in [2.75, 3.05) is 26.9 Å². The normalized spacial score (nSPS) is 18.7. The van der Waals surface area contributed by atoms with E-state index < -0.39 is 6.04 Å². The van der Waals surface area contributed by atoms with Gasteiger partial charge in [0.1, 0.15) is 6.04 Å². The molecule has 1 unspecified atom stereocenters. The van der Waals surface area contributed by atoms with E-state index in [1.165, 1.54) is 20.0 Å². The van der Waals surface area contributed by atoms with Crippen LogP contribution in [0.4, 0.5) is 0 Å². The van der Waals surface area contributed by atoms with Gasteiger partial charge >= 0.3 is 5.97 Å². The second-order valence-corrected chi connectivity index (χ2v) is 5.56. The maximum absolute atomic E-state index is 12.0. The SMILES string of the molecule is COC(=O)C(NCC1CC1)c1ccc2c(c1)OCCCO2. The van der Waals surface area contributed by atoms with Crippen LogP contribution < -0.4 is 14.8 Å². The molecular weight excluding hydrogens is 270 g/mol. The molecule has 0 radical (unpaired) electrons. The van der Waals surface area contributed by atoms with Gasteiger partial charge < -0.3 is 19.5 Å². The quantitative estimate of drug-likeness (QED) is 0.842. The summed E-state index contributed by atoms with van der Waals surface area (Å²) >= 11 is 0. The maximum Gasteiger partial charge on any atom is 0.327 e. The van der Waals surface area contributed by atoms with Gasteiger partial charge in [-0.3, -0.25) is 0 Å². The van der Waals surface area contributed by atoms with Gasteiger partial charge in [-0.05, 0) is 43.0 Å². The van der Waals surface area contributed by atoms with E-state index in [9.17, 15) is 4.79 Å². The van der Waals surface area contributed by atoms with Crippen molar-refractivity contribution in [3.05, 3.63) is 23.8 Å². The molecule has 5 heteroatoms. The van der Waals surface area contributed by atoms with Crippen LogP contribution in [0.25, 0.3) is 0 Å². The molecule has 0 amide bonds. The summed E-state index contributed by atoms with van der Waals surface area (Å²) in [5.41, 5.74) is 0.853. The number of nitrogens with one attached hydrogen (secondary N) is 1. The van der Waals surface area contributed by atoms with Gasteiger partial charge in [-0.2, -0.15) is 0 Å². The molecule has 1 atom stereocenters. The maximum atomic E-state index is 12.0. The van der Waals surface area contributed by atoms with E-state index in [4.69, 9.17) is 14.2 Å². The van der Waals surface area contributed by atoms with Gasteiger partial charge in [0.25, 0.3) is 0 Å². The fraction of sp³-hybridized carbons (Fsp3) is 0.562. The Kier molecular flexibility index (Phi) is 4.29. The predicted octanol–water partition coefficient (Wildman–Crippen LogP) is 2.06. The van der Waals surface area contributed by atoms with Gasteiger partial charge in [0.05, 0.1) is 20.3 Å². The van der Waals surface area contributed by atoms with Crippen LogP contribution in [0.5, 0.6) is 11.5 Å². The number of esters is 1. The number of benzene rings is 1. The number of hydrogen-bond donors (Lipinski definition) is 1. The second kappa shape index (κ2) is 6.35. The lowest BCUT2D eigenvalue weighted by Gasteiger charge is -2.18. The third-order valence-corrected chi connectivity index (χ3v) is 3.85. The van der Waals surface area contributed by atoms with Crippen LogP contribution >= 0.6 is 0 Å². The van der Waals surface area contributed by atoms with E-state index in [1.54, 1.807) is 0 Å². The van der Waals surface area contributed by atoms with Gasteiger partial charge in [-0.25, -0.2) is 4.79 Å². The summed E-state index contributed by atoms with van der Waals surface area (Å²) in [5, 5.41) is 3.30. The number of carbonyl (C=O) groups is 1. The highest BCUT2D eigenvalue weighted by Gasteiger charge is 2.27. The van der Waals surface area contributed by atoms with Gasteiger partial charge in [0.2, 0.25) is 0 Å². The highest BCUT2D eigenvalue weighted by atomic mass is 16.5. The van der Waals surface area contributed by atoms with Crippen molar-refractivity contribution in [1.82, 2.24) is 5.32 Å². The number of ether oxygens (including phenoxy) is 3. The minimum Gasteiger partial charge on any atom is -0.490 e. The van der Waals surface area contributed by atoms with Crippen LogP contribution in [0.2, 0.25) is 0 Å². The molecule has 1 saturated carbocycles. The van der Waals surface area contributed by atoms with Gasteiger partial charge in [-0.1, -0.05) is 6.07 Å². The molecule has 1 aromatic rings. The minimum atomic E-state index is -0.451. The Morgan fingerprint density at radius 3 is 2.81 bits per heavy atom. The minimum absolute atomic E-state index is 0.273. The van der Waals surface area contributed by atoms with Gasteiger partial charge in [-0.15, -0.1) is 0 Å². The third-order valence-electron chi connectivity index (χ3n) is 3.85. The summed E-state index contributed by atoms with van der Waals surface area (Å²) in [6, 6.07) is 5.19. The molecule has 0 spiro atoms. The Balaban J connectivity index is 1.80. The fourth-order valence-corrected chi connectivity index (χ4v) is 2.42. The lowest BCUT2D eigenvalue weighted by Crippen LogP contribution is -2.31. The summed E-state index contributed by atoms with van der Waals surface area (Å²) in [5.74, 6) is 1.86. The zero-order valence-electron chi connectivity index (χ0n) is 12.3. The third kappa shape index (κ3) is 3.47.